The van der Waals surface area contributed by atoms with Gasteiger partial charge in [0.25, 0.3) is 0 Å². The zero-order chi connectivity index (χ0) is 18.4. The number of carbonyl (C=O) groups excluding carboxylic acids is 1. The number of carbonyl (C=O) groups is 1. The van der Waals surface area contributed by atoms with Gasteiger partial charge in [-0.25, -0.2) is 4.39 Å². The largest absolute Gasteiger partial charge is 0.355 e. The van der Waals surface area contributed by atoms with Crippen LogP contribution >= 0.6 is 11.8 Å². The highest BCUT2D eigenvalue weighted by atomic mass is 32.2. The van der Waals surface area contributed by atoms with E-state index in [1.165, 1.54) is 23.4 Å². The van der Waals surface area contributed by atoms with E-state index in [0.717, 1.165) is 6.42 Å². The van der Waals surface area contributed by atoms with Crippen LogP contribution in [-0.2, 0) is 18.3 Å². The summed E-state index contributed by atoms with van der Waals surface area (Å²) in [5.41, 5.74) is 1.57. The van der Waals surface area contributed by atoms with Crippen molar-refractivity contribution in [3.63, 3.8) is 0 Å². The van der Waals surface area contributed by atoms with Crippen LogP contribution in [0.2, 0.25) is 0 Å². The lowest BCUT2D eigenvalue weighted by Gasteiger charge is -2.06. The molecule has 0 aliphatic carbocycles. The predicted octanol–water partition coefficient (Wildman–Crippen LogP) is 3.07. The molecular formula is C19H19FN4OS. The maximum atomic E-state index is 13.9. The summed E-state index contributed by atoms with van der Waals surface area (Å²) in [7, 11) is 1.76. The number of hydrogen-bond donors (Lipinski definition) is 1. The minimum atomic E-state index is -0.349. The Morgan fingerprint density at radius 2 is 1.85 bits per heavy atom. The van der Waals surface area contributed by atoms with Crippen LogP contribution in [-0.4, -0.2) is 33.0 Å². The van der Waals surface area contributed by atoms with Crippen molar-refractivity contribution >= 4 is 17.7 Å². The van der Waals surface area contributed by atoms with Crippen molar-refractivity contribution in [2.24, 2.45) is 7.05 Å². The average Bonchev–Trinajstić information content (AvgIpc) is 3.02. The summed E-state index contributed by atoms with van der Waals surface area (Å²) in [6.07, 6.45) is 0.790. The summed E-state index contributed by atoms with van der Waals surface area (Å²) in [5.74, 6) is 0.257. The molecule has 0 aliphatic heterocycles. The fourth-order valence-corrected chi connectivity index (χ4v) is 3.23. The van der Waals surface area contributed by atoms with Gasteiger partial charge in [0.2, 0.25) is 5.91 Å². The fraction of sp³-hybridized carbons (Fsp3) is 0.211. The number of aromatic nitrogens is 3. The van der Waals surface area contributed by atoms with E-state index in [-0.39, 0.29) is 17.5 Å². The van der Waals surface area contributed by atoms with E-state index in [4.69, 9.17) is 0 Å². The van der Waals surface area contributed by atoms with Gasteiger partial charge in [0.05, 0.1) is 11.3 Å². The van der Waals surface area contributed by atoms with Crippen molar-refractivity contribution in [2.45, 2.75) is 11.6 Å². The summed E-state index contributed by atoms with van der Waals surface area (Å²) in [6, 6.07) is 16.4. The SMILES string of the molecule is Cn1c(SCC(=O)NCCc2ccccc2)nnc1-c1ccccc1F. The third-order valence-electron chi connectivity index (χ3n) is 3.86. The Hall–Kier alpha value is -2.67. The monoisotopic (exact) mass is 370 g/mol. The van der Waals surface area contributed by atoms with Crippen molar-refractivity contribution in [2.75, 3.05) is 12.3 Å². The first-order valence-corrected chi connectivity index (χ1v) is 9.21. The van der Waals surface area contributed by atoms with E-state index < -0.39 is 0 Å². The molecular weight excluding hydrogens is 351 g/mol. The van der Waals surface area contributed by atoms with E-state index in [2.05, 4.69) is 15.5 Å². The highest BCUT2D eigenvalue weighted by molar-refractivity contribution is 7.99. The fourth-order valence-electron chi connectivity index (χ4n) is 2.49. The van der Waals surface area contributed by atoms with Crippen LogP contribution in [0.1, 0.15) is 5.56 Å². The molecule has 1 N–H and O–H groups in total. The second-order valence-electron chi connectivity index (χ2n) is 5.72. The van der Waals surface area contributed by atoms with Gasteiger partial charge in [0.1, 0.15) is 5.82 Å². The number of nitrogens with one attached hydrogen (secondary N) is 1. The van der Waals surface area contributed by atoms with Crippen LogP contribution in [0.25, 0.3) is 11.4 Å². The molecule has 1 aromatic heterocycles. The highest BCUT2D eigenvalue weighted by Crippen LogP contribution is 2.24. The van der Waals surface area contributed by atoms with Crippen molar-refractivity contribution in [3.8, 4) is 11.4 Å². The van der Waals surface area contributed by atoms with Gasteiger partial charge in [-0.15, -0.1) is 10.2 Å². The number of hydrogen-bond acceptors (Lipinski definition) is 4. The molecule has 0 spiro atoms. The molecule has 134 valence electrons. The summed E-state index contributed by atoms with van der Waals surface area (Å²) >= 11 is 1.28. The molecule has 0 aliphatic rings. The molecule has 2 aromatic carbocycles. The first-order chi connectivity index (χ1) is 12.6. The molecule has 0 saturated carbocycles. The molecule has 5 nitrogen and oxygen atoms in total. The normalized spacial score (nSPS) is 10.7. The summed E-state index contributed by atoms with van der Waals surface area (Å²) < 4.78 is 15.6. The Labute approximate surface area is 155 Å². The molecule has 0 unspecified atom stereocenters. The van der Waals surface area contributed by atoms with Gasteiger partial charge in [-0.05, 0) is 24.1 Å². The van der Waals surface area contributed by atoms with Gasteiger partial charge in [0.15, 0.2) is 11.0 Å². The molecule has 0 saturated heterocycles. The third-order valence-corrected chi connectivity index (χ3v) is 4.88. The van der Waals surface area contributed by atoms with Crippen LogP contribution in [0.15, 0.2) is 59.8 Å². The molecule has 26 heavy (non-hydrogen) atoms. The number of thioether (sulfide) groups is 1. The van der Waals surface area contributed by atoms with Crippen LogP contribution in [0.3, 0.4) is 0 Å². The first-order valence-electron chi connectivity index (χ1n) is 8.23. The average molecular weight is 370 g/mol. The molecule has 0 radical (unpaired) electrons. The predicted molar refractivity (Wildman–Crippen MR) is 100 cm³/mol. The first kappa shape index (κ1) is 18.1. The van der Waals surface area contributed by atoms with Crippen LogP contribution < -0.4 is 5.32 Å². The Balaban J connectivity index is 1.52. The second-order valence-corrected chi connectivity index (χ2v) is 6.66. The maximum Gasteiger partial charge on any atom is 0.230 e. The Morgan fingerprint density at radius 3 is 2.62 bits per heavy atom. The lowest BCUT2D eigenvalue weighted by Crippen LogP contribution is -2.27. The van der Waals surface area contributed by atoms with Crippen LogP contribution in [0.4, 0.5) is 4.39 Å². The quantitative estimate of drug-likeness (QED) is 0.650. The van der Waals surface area contributed by atoms with Crippen molar-refractivity contribution in [3.05, 3.63) is 66.0 Å². The highest BCUT2D eigenvalue weighted by Gasteiger charge is 2.15. The van der Waals surface area contributed by atoms with E-state index >= 15 is 0 Å². The summed E-state index contributed by atoms with van der Waals surface area (Å²) in [5, 5.41) is 11.6. The molecule has 0 bridgehead atoms. The zero-order valence-corrected chi connectivity index (χ0v) is 15.2. The summed E-state index contributed by atoms with van der Waals surface area (Å²) in [6.45, 7) is 0.586. The van der Waals surface area contributed by atoms with Gasteiger partial charge >= 0.3 is 0 Å². The number of rotatable bonds is 7. The van der Waals surface area contributed by atoms with E-state index in [0.29, 0.717) is 23.1 Å². The lowest BCUT2D eigenvalue weighted by molar-refractivity contribution is -0.118. The van der Waals surface area contributed by atoms with Crippen molar-refractivity contribution in [1.82, 2.24) is 20.1 Å². The molecule has 1 amide bonds. The van der Waals surface area contributed by atoms with Crippen LogP contribution in [0.5, 0.6) is 0 Å². The topological polar surface area (TPSA) is 59.8 Å². The Morgan fingerprint density at radius 1 is 1.12 bits per heavy atom. The number of benzene rings is 2. The standard InChI is InChI=1S/C19H19FN4OS/c1-24-18(15-9-5-6-10-16(15)20)22-23-19(24)26-13-17(25)21-12-11-14-7-3-2-4-8-14/h2-10H,11-13H2,1H3,(H,21,25). The maximum absolute atomic E-state index is 13.9. The smallest absolute Gasteiger partial charge is 0.230 e. The summed E-state index contributed by atoms with van der Waals surface area (Å²) in [4.78, 5) is 12.0. The number of amides is 1. The number of nitrogens with zero attached hydrogens (tertiary/aromatic N) is 3. The lowest BCUT2D eigenvalue weighted by atomic mass is 10.1. The van der Waals surface area contributed by atoms with Gasteiger partial charge in [-0.1, -0.05) is 54.2 Å². The Kier molecular flexibility index (Phi) is 6.01. The molecule has 7 heteroatoms. The molecule has 0 fully saturated rings. The van der Waals surface area contributed by atoms with E-state index in [1.54, 1.807) is 29.8 Å². The van der Waals surface area contributed by atoms with Crippen LogP contribution in [0, 0.1) is 5.82 Å². The van der Waals surface area contributed by atoms with Gasteiger partial charge in [-0.2, -0.15) is 0 Å². The Bertz CT molecular complexity index is 882. The van der Waals surface area contributed by atoms with E-state index in [1.807, 2.05) is 30.3 Å². The van der Waals surface area contributed by atoms with Gasteiger partial charge in [0, 0.05) is 13.6 Å². The minimum Gasteiger partial charge on any atom is -0.355 e. The molecule has 3 aromatic rings. The van der Waals surface area contributed by atoms with Gasteiger partial charge < -0.3 is 9.88 Å². The molecule has 1 heterocycles. The molecule has 0 atom stereocenters. The molecule has 3 rings (SSSR count). The van der Waals surface area contributed by atoms with Crippen molar-refractivity contribution in [1.29, 1.82) is 0 Å². The minimum absolute atomic E-state index is 0.0682. The number of halogens is 1. The zero-order valence-electron chi connectivity index (χ0n) is 14.4. The third kappa shape index (κ3) is 4.49. The van der Waals surface area contributed by atoms with Crippen molar-refractivity contribution < 1.29 is 9.18 Å². The second kappa shape index (κ2) is 8.62. The van der Waals surface area contributed by atoms with E-state index in [9.17, 15) is 9.18 Å². The van der Waals surface area contributed by atoms with Gasteiger partial charge in [-0.3, -0.25) is 4.79 Å².